The molecule has 12 aliphatic rings. The molecule has 2 aromatic carbocycles. The molecule has 2 amide bonds. The number of carbonyl (C=O) groups is 2. The standard InChI is InChI=1S/C27H35N5O.C27H34N2O.C3H9N.N3.Sn/c33-26(15-23-19-10-17-9-18(12-19)13-20(23)11-17)32-7-5-27(6-8-32)16-21(14-25-28-30-31-29-25)22-3-1-2-4-24(22)27;28-8-5-20-17-27(25-4-2-1-3-23(20)25)6-9-29(10-7-27)26(30)16-24-21-12-18-11-19(14-21)15-22(24)13-18;1-4(2)3;1-3-2;/h1-4,17-21,23H,5-16H2,(H,28,29,30,31);1-4,18-22,24H,5-7,9-17H2;1-3H3;;/q;;;-1;+1. The van der Waals surface area contributed by atoms with Crippen LogP contribution in [0.3, 0.4) is 0 Å². The van der Waals surface area contributed by atoms with Gasteiger partial charge in [0.05, 0.1) is 6.07 Å². The average Bonchev–Trinajstić information content (AvgIpc) is 4.07. The molecule has 377 valence electrons. The van der Waals surface area contributed by atoms with E-state index < -0.39 is 0 Å². The zero-order valence-electron chi connectivity index (χ0n) is 42.8. The first-order valence-corrected chi connectivity index (χ1v) is 28.9. The van der Waals surface area contributed by atoms with Crippen molar-refractivity contribution in [2.75, 3.05) is 47.3 Å². The molecule has 2 saturated heterocycles. The summed E-state index contributed by atoms with van der Waals surface area (Å²) in [5.41, 5.74) is 13.6. The van der Waals surface area contributed by atoms with E-state index in [4.69, 9.17) is 5.53 Å². The fraction of sp³-hybridized carbons (Fsp3) is 0.719. The quantitative estimate of drug-likeness (QED) is 0.106. The van der Waals surface area contributed by atoms with E-state index in [1.807, 2.05) is 26.0 Å². The second kappa shape index (κ2) is 21.8. The molecule has 8 bridgehead atoms. The normalized spacial score (nSPS) is 33.4. The third-order valence-corrected chi connectivity index (χ3v) is 20.5. The molecular formula is C57H78N11O2Sn. The van der Waals surface area contributed by atoms with Gasteiger partial charge in [0.2, 0.25) is 11.8 Å². The monoisotopic (exact) mass is 1070 g/mol. The van der Waals surface area contributed by atoms with E-state index in [1.54, 1.807) is 0 Å². The second-order valence-electron chi connectivity index (χ2n) is 24.8. The Kier molecular flexibility index (Phi) is 15.5. The van der Waals surface area contributed by atoms with Crippen LogP contribution >= 0.6 is 0 Å². The third-order valence-electron chi connectivity index (χ3n) is 20.2. The molecule has 1 aromatic heterocycles. The molecule has 10 fully saturated rings. The van der Waals surface area contributed by atoms with Gasteiger partial charge in [-0.05, 0) is 228 Å². The molecule has 1 N–H and O–H groups in total. The Bertz CT molecular complexity index is 2350. The molecule has 3 heterocycles. The van der Waals surface area contributed by atoms with Crippen LogP contribution in [0.4, 0.5) is 0 Å². The molecule has 15 rings (SSSR count). The van der Waals surface area contributed by atoms with E-state index in [9.17, 15) is 14.9 Å². The molecule has 13 nitrogen and oxygen atoms in total. The minimum atomic E-state index is 0.192. The van der Waals surface area contributed by atoms with Crippen molar-refractivity contribution in [3.8, 4) is 6.07 Å². The van der Waals surface area contributed by atoms with Gasteiger partial charge in [-0.3, -0.25) is 9.59 Å². The van der Waals surface area contributed by atoms with E-state index in [0.29, 0.717) is 41.9 Å². The summed E-state index contributed by atoms with van der Waals surface area (Å²) in [4.78, 5) is 35.5. The summed E-state index contributed by atoms with van der Waals surface area (Å²) in [5.74, 6) is 11.1. The number of azide groups is 1. The minimum absolute atomic E-state index is 0.192. The number of piperidine rings is 2. The van der Waals surface area contributed by atoms with Gasteiger partial charge in [0.1, 0.15) is 0 Å². The van der Waals surface area contributed by atoms with Crippen molar-refractivity contribution < 1.29 is 9.59 Å². The van der Waals surface area contributed by atoms with Crippen molar-refractivity contribution in [3.05, 3.63) is 87.1 Å². The van der Waals surface area contributed by atoms with E-state index >= 15 is 0 Å². The molecule has 2 spiro atoms. The Balaban J connectivity index is 0.000000143. The van der Waals surface area contributed by atoms with Gasteiger partial charge in [0.15, 0.2) is 5.82 Å². The number of likely N-dealkylation sites (tertiary alicyclic amines) is 2. The Morgan fingerprint density at radius 2 is 1.11 bits per heavy atom. The topological polar surface area (TPSA) is 171 Å². The Labute approximate surface area is 436 Å². The van der Waals surface area contributed by atoms with Crippen molar-refractivity contribution in [2.24, 2.45) is 62.5 Å². The first-order chi connectivity index (χ1) is 34.5. The van der Waals surface area contributed by atoms with Gasteiger partial charge < -0.3 is 14.7 Å². The van der Waals surface area contributed by atoms with Gasteiger partial charge in [-0.2, -0.15) is 10.5 Å². The third kappa shape index (κ3) is 10.7. The molecule has 14 heteroatoms. The first kappa shape index (κ1) is 50.5. The zero-order valence-corrected chi connectivity index (χ0v) is 45.7. The molecule has 10 aliphatic carbocycles. The second-order valence-corrected chi connectivity index (χ2v) is 25.4. The predicted molar refractivity (Wildman–Crippen MR) is 276 cm³/mol. The number of aromatic nitrogens is 4. The van der Waals surface area contributed by atoms with Crippen LogP contribution in [0.25, 0.3) is 10.4 Å². The summed E-state index contributed by atoms with van der Waals surface area (Å²) in [5, 5.41) is 24.1. The van der Waals surface area contributed by atoms with Gasteiger partial charge in [-0.15, -0.1) is 10.2 Å². The molecule has 2 unspecified atom stereocenters. The van der Waals surface area contributed by atoms with Crippen LogP contribution in [0.5, 0.6) is 0 Å². The number of H-pyrrole nitrogens is 1. The molecule has 2 aliphatic heterocycles. The van der Waals surface area contributed by atoms with Gasteiger partial charge in [-0.1, -0.05) is 53.7 Å². The van der Waals surface area contributed by atoms with Crippen LogP contribution in [0.1, 0.15) is 162 Å². The Morgan fingerprint density at radius 3 is 1.49 bits per heavy atom. The fourth-order valence-electron chi connectivity index (χ4n) is 17.7. The first-order valence-electron chi connectivity index (χ1n) is 27.6. The van der Waals surface area contributed by atoms with Gasteiger partial charge in [0.25, 0.3) is 0 Å². The SMILES string of the molecule is CN(C)C.N#CCC1CC2(CCN(C(=O)CC3C4CC5CC(C4)CC3C5)CC2)c2ccccc21.O=C(CC1C2CC3CC(C2)CC1C3)N1CCC2(CC1)CC(Cc1nn[nH]n1)c1ccccc12.[N-]=[N+]=[N][Sn]. The van der Waals surface area contributed by atoms with Gasteiger partial charge in [-0.25, -0.2) is 0 Å². The predicted octanol–water partition coefficient (Wildman–Crippen LogP) is 10.2. The zero-order chi connectivity index (χ0) is 49.3. The number of nitrogens with one attached hydrogen (secondary N) is 1. The summed E-state index contributed by atoms with van der Waals surface area (Å²) >= 11 is 0.876. The summed E-state index contributed by atoms with van der Waals surface area (Å²) in [6.07, 6.45) is 23.9. The number of tetrazole rings is 1. The summed E-state index contributed by atoms with van der Waals surface area (Å²) in [6, 6.07) is 20.2. The van der Waals surface area contributed by atoms with Crippen LogP contribution in [-0.2, 0) is 26.8 Å². The number of carbonyl (C=O) groups excluding carboxylic acids is 2. The fourth-order valence-corrected chi connectivity index (χ4v) is 17.7. The van der Waals surface area contributed by atoms with Crippen molar-refractivity contribution in [1.82, 2.24) is 35.3 Å². The Hall–Kier alpha value is -3.99. The van der Waals surface area contributed by atoms with E-state index in [-0.39, 0.29) is 10.8 Å². The van der Waals surface area contributed by atoms with Gasteiger partial charge >= 0.3 is 36.6 Å². The molecule has 2 atom stereocenters. The van der Waals surface area contributed by atoms with Crippen molar-refractivity contribution in [2.45, 2.75) is 151 Å². The number of benzene rings is 2. The summed E-state index contributed by atoms with van der Waals surface area (Å²) < 4.78 is 3.01. The maximum atomic E-state index is 13.4. The van der Waals surface area contributed by atoms with Crippen LogP contribution < -0.4 is 0 Å². The number of nitrogens with zero attached hydrogens (tertiary/aromatic N) is 10. The number of nitriles is 1. The number of rotatable bonds is 7. The number of hydrogen-bond acceptors (Lipinski definition) is 8. The van der Waals surface area contributed by atoms with Crippen molar-refractivity contribution in [3.63, 3.8) is 0 Å². The Morgan fingerprint density at radius 1 is 0.718 bits per heavy atom. The van der Waals surface area contributed by atoms with Crippen LogP contribution in [0.15, 0.2) is 51.9 Å². The van der Waals surface area contributed by atoms with E-state index in [0.717, 1.165) is 160 Å². The molecule has 71 heavy (non-hydrogen) atoms. The number of fused-ring (bicyclic) bond motifs is 4. The molecule has 8 saturated carbocycles. The summed E-state index contributed by atoms with van der Waals surface area (Å²) in [7, 11) is 6.00. The molecule has 3 aromatic rings. The molecule has 3 radical (unpaired) electrons. The number of aromatic amines is 1. The number of amides is 2. The van der Waals surface area contributed by atoms with Crippen LogP contribution in [0, 0.1) is 70.5 Å². The van der Waals surface area contributed by atoms with Crippen molar-refractivity contribution >= 4 is 34.6 Å². The summed E-state index contributed by atoms with van der Waals surface area (Å²) in [6.45, 7) is 3.63. The number of hydrogen-bond donors (Lipinski definition) is 1. The van der Waals surface area contributed by atoms with E-state index in [2.05, 4.69) is 93.3 Å². The van der Waals surface area contributed by atoms with E-state index in [1.165, 1.54) is 86.5 Å². The van der Waals surface area contributed by atoms with Crippen molar-refractivity contribution in [1.29, 1.82) is 5.26 Å². The average molecular weight is 1070 g/mol. The maximum absolute atomic E-state index is 13.4. The van der Waals surface area contributed by atoms with Crippen LogP contribution in [0.2, 0.25) is 0 Å². The van der Waals surface area contributed by atoms with Gasteiger partial charge in [0, 0.05) is 51.9 Å². The van der Waals surface area contributed by atoms with Crippen LogP contribution in [-0.4, -0.2) is 117 Å². The molecular weight excluding hydrogens is 989 g/mol.